The number of hydrogen-bond donors (Lipinski definition) is 3. The lowest BCUT2D eigenvalue weighted by atomic mass is 10.0. The van der Waals surface area contributed by atoms with Gasteiger partial charge in [0.15, 0.2) is 0 Å². The number of phenols is 1. The van der Waals surface area contributed by atoms with Gasteiger partial charge < -0.3 is 21.3 Å². The summed E-state index contributed by atoms with van der Waals surface area (Å²) in [4.78, 5) is 0. The van der Waals surface area contributed by atoms with Gasteiger partial charge in [-0.2, -0.15) is 0 Å². The summed E-state index contributed by atoms with van der Waals surface area (Å²) in [6.45, 7) is 6.54. The third-order valence-electron chi connectivity index (χ3n) is 2.54. The van der Waals surface area contributed by atoms with Gasteiger partial charge in [0.25, 0.3) is 0 Å². The molecule has 0 fully saturated rings. The summed E-state index contributed by atoms with van der Waals surface area (Å²) in [7, 11) is 0. The van der Waals surface area contributed by atoms with E-state index in [0.29, 0.717) is 12.1 Å². The van der Waals surface area contributed by atoms with E-state index in [-0.39, 0.29) is 17.4 Å². The maximum atomic E-state index is 9.84. The molecule has 1 aromatic rings. The fourth-order valence-electron chi connectivity index (χ4n) is 1.74. The minimum absolute atomic E-state index is 0.209. The Morgan fingerprint density at radius 3 is 2.56 bits per heavy atom. The number of benzene rings is 1. The van der Waals surface area contributed by atoms with Crippen LogP contribution in [0.5, 0.6) is 11.5 Å². The van der Waals surface area contributed by atoms with Crippen molar-refractivity contribution < 1.29 is 9.84 Å². The topological polar surface area (TPSA) is 81.5 Å². The highest BCUT2D eigenvalue weighted by atomic mass is 16.5. The lowest BCUT2D eigenvalue weighted by molar-refractivity contribution is 0.130. The number of aromatic hydroxyl groups is 1. The molecule has 1 atom stereocenters. The second kappa shape index (κ2) is 6.07. The highest BCUT2D eigenvalue weighted by Crippen LogP contribution is 2.30. The van der Waals surface area contributed by atoms with Gasteiger partial charge in [0.2, 0.25) is 0 Å². The van der Waals surface area contributed by atoms with Gasteiger partial charge >= 0.3 is 0 Å². The molecule has 5 N–H and O–H groups in total. The van der Waals surface area contributed by atoms with Gasteiger partial charge in [-0.15, -0.1) is 0 Å². The van der Waals surface area contributed by atoms with E-state index in [2.05, 4.69) is 0 Å². The van der Waals surface area contributed by atoms with E-state index in [1.165, 1.54) is 0 Å². The average Bonchev–Trinajstić information content (AvgIpc) is 2.26. The van der Waals surface area contributed by atoms with Crippen molar-refractivity contribution in [3.63, 3.8) is 0 Å². The molecule has 0 unspecified atom stereocenters. The van der Waals surface area contributed by atoms with Crippen LogP contribution in [0.3, 0.4) is 0 Å². The summed E-state index contributed by atoms with van der Waals surface area (Å²) in [6, 6.07) is 4.97. The largest absolute Gasteiger partial charge is 0.508 e. The maximum absolute atomic E-state index is 9.84. The third kappa shape index (κ3) is 4.55. The minimum Gasteiger partial charge on any atom is -0.508 e. The molecule has 0 aliphatic carbocycles. The molecule has 18 heavy (non-hydrogen) atoms. The lowest BCUT2D eigenvalue weighted by Crippen LogP contribution is -2.23. The highest BCUT2D eigenvalue weighted by Gasteiger charge is 2.15. The number of phenolic OH excluding ortho intramolecular Hbond substituents is 1. The number of ether oxygens (including phenoxy) is 1. The van der Waals surface area contributed by atoms with Crippen molar-refractivity contribution in [2.24, 2.45) is 11.5 Å². The van der Waals surface area contributed by atoms with Gasteiger partial charge in [0.1, 0.15) is 17.1 Å². The minimum atomic E-state index is -0.268. The summed E-state index contributed by atoms with van der Waals surface area (Å²) < 4.78 is 5.76. The zero-order chi connectivity index (χ0) is 13.8. The first kappa shape index (κ1) is 14.8. The van der Waals surface area contributed by atoms with Gasteiger partial charge in [-0.1, -0.05) is 0 Å². The molecule has 0 aromatic heterocycles. The summed E-state index contributed by atoms with van der Waals surface area (Å²) in [5, 5.41) is 9.84. The Balaban J connectivity index is 2.87. The zero-order valence-electron chi connectivity index (χ0n) is 11.4. The molecular formula is C14H24N2O2. The van der Waals surface area contributed by atoms with Crippen LogP contribution in [0.15, 0.2) is 18.2 Å². The van der Waals surface area contributed by atoms with E-state index in [0.717, 1.165) is 18.6 Å². The van der Waals surface area contributed by atoms with E-state index >= 15 is 0 Å². The third-order valence-corrected chi connectivity index (χ3v) is 2.54. The normalized spacial score (nSPS) is 13.4. The second-order valence-corrected chi connectivity index (χ2v) is 5.47. The summed E-state index contributed by atoms with van der Waals surface area (Å²) >= 11 is 0. The van der Waals surface area contributed by atoms with Crippen LogP contribution in [0.1, 0.15) is 45.2 Å². The number of nitrogens with two attached hydrogens (primary N) is 2. The van der Waals surface area contributed by atoms with Crippen LogP contribution in [-0.2, 0) is 0 Å². The summed E-state index contributed by atoms with van der Waals surface area (Å²) in [6.07, 6.45) is 1.59. The van der Waals surface area contributed by atoms with Gasteiger partial charge in [-0.3, -0.25) is 0 Å². The Hall–Kier alpha value is -1.26. The van der Waals surface area contributed by atoms with Gasteiger partial charge in [0.05, 0.1) is 0 Å². The molecule has 0 aliphatic rings. The molecule has 102 valence electrons. The Kier molecular flexibility index (Phi) is 4.99. The molecular weight excluding hydrogens is 228 g/mol. The van der Waals surface area contributed by atoms with E-state index in [1.54, 1.807) is 12.1 Å². The highest BCUT2D eigenvalue weighted by molar-refractivity contribution is 5.41. The van der Waals surface area contributed by atoms with Gasteiger partial charge in [-0.25, -0.2) is 0 Å². The first-order valence-corrected chi connectivity index (χ1v) is 6.31. The van der Waals surface area contributed by atoms with Gasteiger partial charge in [-0.05, 0) is 58.4 Å². The predicted octanol–water partition coefficient (Wildman–Crippen LogP) is 2.31. The molecule has 4 nitrogen and oxygen atoms in total. The van der Waals surface area contributed by atoms with Crippen molar-refractivity contribution in [2.75, 3.05) is 6.54 Å². The summed E-state index contributed by atoms with van der Waals surface area (Å²) in [5.74, 6) is 0.930. The Morgan fingerprint density at radius 2 is 2.00 bits per heavy atom. The molecule has 0 bridgehead atoms. The van der Waals surface area contributed by atoms with E-state index in [9.17, 15) is 5.11 Å². The molecule has 0 saturated heterocycles. The fourth-order valence-corrected chi connectivity index (χ4v) is 1.74. The van der Waals surface area contributed by atoms with Crippen molar-refractivity contribution in [1.82, 2.24) is 0 Å². The Labute approximate surface area is 109 Å². The first-order chi connectivity index (χ1) is 8.33. The zero-order valence-corrected chi connectivity index (χ0v) is 11.4. The van der Waals surface area contributed by atoms with Crippen LogP contribution in [0.2, 0.25) is 0 Å². The molecule has 0 amide bonds. The van der Waals surface area contributed by atoms with E-state index < -0.39 is 0 Å². The van der Waals surface area contributed by atoms with Crippen molar-refractivity contribution in [3.05, 3.63) is 23.8 Å². The van der Waals surface area contributed by atoms with Crippen molar-refractivity contribution in [3.8, 4) is 11.5 Å². The quantitative estimate of drug-likeness (QED) is 0.751. The standard InChI is InChI=1S/C14H24N2O2/c1-14(2,3)18-10-6-7-13(17)11(9-10)12(16)5-4-8-15/h6-7,9,12,17H,4-5,8,15-16H2,1-3H3/t12-/m0/s1. The second-order valence-electron chi connectivity index (χ2n) is 5.47. The monoisotopic (exact) mass is 252 g/mol. The molecule has 0 spiro atoms. The molecule has 0 radical (unpaired) electrons. The Bertz CT molecular complexity index is 386. The number of hydrogen-bond acceptors (Lipinski definition) is 4. The van der Waals surface area contributed by atoms with Crippen LogP contribution in [0, 0.1) is 0 Å². The number of rotatable bonds is 5. The van der Waals surface area contributed by atoms with Crippen molar-refractivity contribution >= 4 is 0 Å². The van der Waals surface area contributed by atoms with Crippen LogP contribution in [-0.4, -0.2) is 17.3 Å². The molecule has 4 heteroatoms. The molecule has 1 rings (SSSR count). The Morgan fingerprint density at radius 1 is 1.33 bits per heavy atom. The predicted molar refractivity (Wildman–Crippen MR) is 73.7 cm³/mol. The molecule has 0 heterocycles. The van der Waals surface area contributed by atoms with E-state index in [4.69, 9.17) is 16.2 Å². The van der Waals surface area contributed by atoms with Crippen LogP contribution >= 0.6 is 0 Å². The molecule has 0 saturated carbocycles. The average molecular weight is 252 g/mol. The molecule has 1 aromatic carbocycles. The van der Waals surface area contributed by atoms with Crippen LogP contribution < -0.4 is 16.2 Å². The van der Waals surface area contributed by atoms with Crippen molar-refractivity contribution in [1.29, 1.82) is 0 Å². The SMILES string of the molecule is CC(C)(C)Oc1ccc(O)c([C@@H](N)CCCN)c1. The smallest absolute Gasteiger partial charge is 0.120 e. The summed E-state index contributed by atoms with van der Waals surface area (Å²) in [5.41, 5.74) is 12.0. The van der Waals surface area contributed by atoms with Crippen LogP contribution in [0.4, 0.5) is 0 Å². The molecule has 0 aliphatic heterocycles. The first-order valence-electron chi connectivity index (χ1n) is 6.31. The maximum Gasteiger partial charge on any atom is 0.120 e. The van der Waals surface area contributed by atoms with Crippen LogP contribution in [0.25, 0.3) is 0 Å². The van der Waals surface area contributed by atoms with Gasteiger partial charge in [0, 0.05) is 11.6 Å². The fraction of sp³-hybridized carbons (Fsp3) is 0.571. The lowest BCUT2D eigenvalue weighted by Gasteiger charge is -2.22. The van der Waals surface area contributed by atoms with Crippen molar-refractivity contribution in [2.45, 2.75) is 45.3 Å². The van der Waals surface area contributed by atoms with E-state index in [1.807, 2.05) is 26.8 Å².